The highest BCUT2D eigenvalue weighted by Gasteiger charge is 2.31. The van der Waals surface area contributed by atoms with Crippen molar-refractivity contribution in [2.24, 2.45) is 0 Å². The average Bonchev–Trinajstić information content (AvgIpc) is 3.30. The summed E-state index contributed by atoms with van der Waals surface area (Å²) in [7, 11) is -4.03. The first-order valence-electron chi connectivity index (χ1n) is 9.30. The predicted molar refractivity (Wildman–Crippen MR) is 112 cm³/mol. The Morgan fingerprint density at radius 2 is 1.52 bits per heavy atom. The zero-order valence-corrected chi connectivity index (χ0v) is 17.4. The van der Waals surface area contributed by atoms with Crippen LogP contribution in [0.5, 0.6) is 17.4 Å². The Morgan fingerprint density at radius 1 is 0.879 bits per heavy atom. The monoisotopic (exact) mass is 476 g/mol. The molecule has 0 atom stereocenters. The number of alkyl halides is 3. The molecule has 4 aromatic rings. The van der Waals surface area contributed by atoms with Gasteiger partial charge in [-0.15, -0.1) is 13.2 Å². The average molecular weight is 476 g/mol. The zero-order chi connectivity index (χ0) is 23.5. The lowest BCUT2D eigenvalue weighted by Crippen LogP contribution is -2.17. The molecular formula is C21H15F3N4O4S. The number of sulfonamides is 1. The van der Waals surface area contributed by atoms with Crippen LogP contribution >= 0.6 is 0 Å². The second kappa shape index (κ2) is 8.82. The van der Waals surface area contributed by atoms with Crippen LogP contribution in [0.2, 0.25) is 0 Å². The van der Waals surface area contributed by atoms with Gasteiger partial charge in [-0.05, 0) is 60.7 Å². The van der Waals surface area contributed by atoms with Crippen molar-refractivity contribution in [1.29, 1.82) is 0 Å². The van der Waals surface area contributed by atoms with Crippen molar-refractivity contribution in [1.82, 2.24) is 14.5 Å². The molecule has 0 aliphatic carbocycles. The summed E-state index contributed by atoms with van der Waals surface area (Å²) in [4.78, 5) is 7.99. The van der Waals surface area contributed by atoms with Crippen LogP contribution in [0.25, 0.3) is 5.82 Å². The van der Waals surface area contributed by atoms with Gasteiger partial charge in [0.05, 0.1) is 4.90 Å². The van der Waals surface area contributed by atoms with Crippen molar-refractivity contribution >= 4 is 15.7 Å². The molecule has 0 unspecified atom stereocenters. The molecule has 0 bridgehead atoms. The third-order valence-electron chi connectivity index (χ3n) is 4.19. The number of nitrogens with one attached hydrogen (secondary N) is 1. The number of ether oxygens (including phenoxy) is 2. The Kier molecular flexibility index (Phi) is 5.92. The van der Waals surface area contributed by atoms with Crippen molar-refractivity contribution < 1.29 is 31.1 Å². The molecule has 2 aromatic carbocycles. The van der Waals surface area contributed by atoms with E-state index in [-0.39, 0.29) is 10.6 Å². The van der Waals surface area contributed by atoms with Crippen LogP contribution in [0.3, 0.4) is 0 Å². The molecule has 0 spiro atoms. The summed E-state index contributed by atoms with van der Waals surface area (Å²) in [6.07, 6.45) is 0.143. The first-order valence-corrected chi connectivity index (χ1v) is 10.8. The molecule has 2 aromatic heterocycles. The third-order valence-corrected chi connectivity index (χ3v) is 5.59. The van der Waals surface area contributed by atoms with Gasteiger partial charge in [-0.25, -0.2) is 18.4 Å². The molecule has 1 N–H and O–H groups in total. The van der Waals surface area contributed by atoms with Gasteiger partial charge in [0.15, 0.2) is 0 Å². The molecule has 0 saturated carbocycles. The van der Waals surface area contributed by atoms with Gasteiger partial charge in [0.25, 0.3) is 10.0 Å². The van der Waals surface area contributed by atoms with E-state index in [1.54, 1.807) is 10.6 Å². The van der Waals surface area contributed by atoms with E-state index in [0.29, 0.717) is 17.4 Å². The molecule has 4 rings (SSSR count). The number of hydrogen-bond acceptors (Lipinski definition) is 6. The van der Waals surface area contributed by atoms with Gasteiger partial charge in [0.2, 0.25) is 5.88 Å². The lowest BCUT2D eigenvalue weighted by Gasteiger charge is -2.11. The highest BCUT2D eigenvalue weighted by molar-refractivity contribution is 7.92. The molecule has 170 valence electrons. The summed E-state index contributed by atoms with van der Waals surface area (Å²) in [5.74, 6) is 0.792. The molecule has 12 heteroatoms. The van der Waals surface area contributed by atoms with E-state index >= 15 is 0 Å². The van der Waals surface area contributed by atoms with Gasteiger partial charge in [-0.3, -0.25) is 4.72 Å². The van der Waals surface area contributed by atoms with Gasteiger partial charge in [0, 0.05) is 24.1 Å². The normalized spacial score (nSPS) is 11.7. The Labute approximate surface area is 186 Å². The van der Waals surface area contributed by atoms with Crippen molar-refractivity contribution in [3.63, 3.8) is 0 Å². The van der Waals surface area contributed by atoms with Crippen molar-refractivity contribution in [2.75, 3.05) is 4.72 Å². The number of anilines is 1. The van der Waals surface area contributed by atoms with E-state index in [1.165, 1.54) is 30.6 Å². The minimum absolute atomic E-state index is 0.226. The topological polar surface area (TPSA) is 95.3 Å². The maximum atomic E-state index is 12.5. The molecule has 0 aliphatic heterocycles. The van der Waals surface area contributed by atoms with Crippen LogP contribution in [-0.4, -0.2) is 29.3 Å². The molecule has 0 radical (unpaired) electrons. The smallest absolute Gasteiger partial charge is 0.439 e. The predicted octanol–water partition coefficient (Wildman–Crippen LogP) is 4.76. The first kappa shape index (κ1) is 22.1. The van der Waals surface area contributed by atoms with Gasteiger partial charge in [0.1, 0.15) is 23.6 Å². The molecule has 0 saturated heterocycles. The van der Waals surface area contributed by atoms with Crippen molar-refractivity contribution in [2.45, 2.75) is 11.3 Å². The maximum Gasteiger partial charge on any atom is 0.573 e. The molecule has 8 nitrogen and oxygen atoms in total. The summed E-state index contributed by atoms with van der Waals surface area (Å²) < 4.78 is 75.3. The summed E-state index contributed by atoms with van der Waals surface area (Å²) >= 11 is 0. The molecule has 33 heavy (non-hydrogen) atoms. The van der Waals surface area contributed by atoms with E-state index in [2.05, 4.69) is 19.4 Å². The number of hydrogen-bond donors (Lipinski definition) is 1. The second-order valence-corrected chi connectivity index (χ2v) is 8.24. The van der Waals surface area contributed by atoms with Crippen LogP contribution in [-0.2, 0) is 10.0 Å². The Bertz CT molecular complexity index is 1330. The van der Waals surface area contributed by atoms with E-state index in [1.807, 2.05) is 24.5 Å². The fourth-order valence-corrected chi connectivity index (χ4v) is 3.82. The minimum Gasteiger partial charge on any atom is -0.439 e. The summed E-state index contributed by atoms with van der Waals surface area (Å²) in [5, 5.41) is 0. The van der Waals surface area contributed by atoms with Crippen LogP contribution in [0.15, 0.2) is 90.3 Å². The molecule has 0 aliphatic rings. The lowest BCUT2D eigenvalue weighted by molar-refractivity contribution is -0.274. The van der Waals surface area contributed by atoms with E-state index in [0.717, 1.165) is 24.3 Å². The number of nitrogens with zero attached hydrogens (tertiary/aromatic N) is 3. The largest absolute Gasteiger partial charge is 0.573 e. The minimum atomic E-state index is -4.86. The van der Waals surface area contributed by atoms with Crippen LogP contribution in [0.4, 0.5) is 18.9 Å². The standard InChI is InChI=1S/C21H15F3N4O4S/c22-21(23,24)32-17-7-9-18(10-8-17)33(29,30)27-15-3-5-16(6-4-15)31-20-13-19(25-14-26-20)28-11-1-2-12-28/h1-14,27H. The number of halogens is 3. The Hall–Kier alpha value is -4.06. The van der Waals surface area contributed by atoms with E-state index < -0.39 is 22.1 Å². The fourth-order valence-electron chi connectivity index (χ4n) is 2.76. The quantitative estimate of drug-likeness (QED) is 0.413. The zero-order valence-electron chi connectivity index (χ0n) is 16.6. The highest BCUT2D eigenvalue weighted by atomic mass is 32.2. The summed E-state index contributed by atoms with van der Waals surface area (Å²) in [6.45, 7) is 0. The summed E-state index contributed by atoms with van der Waals surface area (Å²) in [6, 6.07) is 15.2. The van der Waals surface area contributed by atoms with Crippen molar-refractivity contribution in [3.8, 4) is 23.2 Å². The molecule has 0 amide bonds. The van der Waals surface area contributed by atoms with Crippen LogP contribution < -0.4 is 14.2 Å². The number of rotatable bonds is 7. The van der Waals surface area contributed by atoms with Crippen LogP contribution in [0.1, 0.15) is 0 Å². The number of aromatic nitrogens is 3. The van der Waals surface area contributed by atoms with Gasteiger partial charge in [-0.2, -0.15) is 0 Å². The molecular weight excluding hydrogens is 461 g/mol. The van der Waals surface area contributed by atoms with E-state index in [4.69, 9.17) is 4.74 Å². The Balaban J connectivity index is 1.42. The Morgan fingerprint density at radius 3 is 2.15 bits per heavy atom. The lowest BCUT2D eigenvalue weighted by atomic mass is 10.3. The van der Waals surface area contributed by atoms with Gasteiger partial charge in [-0.1, -0.05) is 0 Å². The van der Waals surface area contributed by atoms with Crippen LogP contribution in [0, 0.1) is 0 Å². The molecule has 0 fully saturated rings. The SMILES string of the molecule is O=S(=O)(Nc1ccc(Oc2cc(-n3cccc3)ncn2)cc1)c1ccc(OC(F)(F)F)cc1. The second-order valence-electron chi connectivity index (χ2n) is 6.56. The summed E-state index contributed by atoms with van der Waals surface area (Å²) in [5.41, 5.74) is 0.230. The van der Waals surface area contributed by atoms with Gasteiger partial charge >= 0.3 is 6.36 Å². The van der Waals surface area contributed by atoms with Crippen molar-refractivity contribution in [3.05, 3.63) is 85.5 Å². The van der Waals surface area contributed by atoms with E-state index in [9.17, 15) is 21.6 Å². The highest BCUT2D eigenvalue weighted by Crippen LogP contribution is 2.26. The maximum absolute atomic E-state index is 12.5. The fraction of sp³-hybridized carbons (Fsp3) is 0.0476. The van der Waals surface area contributed by atoms with Gasteiger partial charge < -0.3 is 14.0 Å². The molecule has 2 heterocycles. The number of benzene rings is 2. The first-order chi connectivity index (χ1) is 15.7. The third kappa shape index (κ3) is 5.80.